The Morgan fingerprint density at radius 2 is 2.37 bits per heavy atom. The van der Waals surface area contributed by atoms with Gasteiger partial charge in [-0.3, -0.25) is 4.79 Å². The van der Waals surface area contributed by atoms with Crippen LogP contribution >= 0.6 is 0 Å². The highest BCUT2D eigenvalue weighted by Gasteiger charge is 2.23. The van der Waals surface area contributed by atoms with E-state index in [1.807, 2.05) is 6.07 Å². The molecule has 1 fully saturated rings. The summed E-state index contributed by atoms with van der Waals surface area (Å²) in [5.74, 6) is 0.118. The standard InChI is InChI=1S/C14H17N3O2/c1-9-11(7-15)3-5-13(17-9)14(19)16-8-10-2-4-12(18)6-10/h3,5,10,12,18H,2,4,6,8H2,1H3,(H,16,19). The number of nitriles is 1. The number of rotatable bonds is 3. The van der Waals surface area contributed by atoms with E-state index in [2.05, 4.69) is 10.3 Å². The highest BCUT2D eigenvalue weighted by atomic mass is 16.3. The Hall–Kier alpha value is -1.93. The number of carbonyl (C=O) groups excluding carboxylic acids is 1. The third-order valence-electron chi connectivity index (χ3n) is 3.50. The van der Waals surface area contributed by atoms with Gasteiger partial charge in [-0.2, -0.15) is 5.26 Å². The van der Waals surface area contributed by atoms with Gasteiger partial charge in [0.2, 0.25) is 0 Å². The molecule has 0 radical (unpaired) electrons. The maximum Gasteiger partial charge on any atom is 0.269 e. The molecule has 1 aromatic rings. The van der Waals surface area contributed by atoms with Crippen molar-refractivity contribution in [2.45, 2.75) is 32.3 Å². The predicted molar refractivity (Wildman–Crippen MR) is 69.4 cm³/mol. The van der Waals surface area contributed by atoms with E-state index in [0.717, 1.165) is 19.3 Å². The lowest BCUT2D eigenvalue weighted by atomic mass is 10.1. The zero-order valence-electron chi connectivity index (χ0n) is 10.9. The number of pyridine rings is 1. The molecule has 2 unspecified atom stereocenters. The van der Waals surface area contributed by atoms with E-state index in [-0.39, 0.29) is 12.0 Å². The van der Waals surface area contributed by atoms with Crippen LogP contribution in [0, 0.1) is 24.2 Å². The van der Waals surface area contributed by atoms with Crippen molar-refractivity contribution < 1.29 is 9.90 Å². The molecule has 0 aromatic carbocycles. The maximum atomic E-state index is 11.9. The van der Waals surface area contributed by atoms with Crippen LogP contribution in [0.25, 0.3) is 0 Å². The number of nitrogens with one attached hydrogen (secondary N) is 1. The largest absolute Gasteiger partial charge is 0.393 e. The van der Waals surface area contributed by atoms with Gasteiger partial charge >= 0.3 is 0 Å². The van der Waals surface area contributed by atoms with Crippen LogP contribution < -0.4 is 5.32 Å². The van der Waals surface area contributed by atoms with Gasteiger partial charge in [0.15, 0.2) is 0 Å². The number of hydrogen-bond acceptors (Lipinski definition) is 4. The predicted octanol–water partition coefficient (Wildman–Crippen LogP) is 1.15. The summed E-state index contributed by atoms with van der Waals surface area (Å²) < 4.78 is 0. The van der Waals surface area contributed by atoms with Crippen LogP contribution in [0.5, 0.6) is 0 Å². The minimum Gasteiger partial charge on any atom is -0.393 e. The summed E-state index contributed by atoms with van der Waals surface area (Å²) in [6.45, 7) is 2.28. The number of nitrogens with zero attached hydrogens (tertiary/aromatic N) is 2. The van der Waals surface area contributed by atoms with Crippen molar-refractivity contribution >= 4 is 5.91 Å². The van der Waals surface area contributed by atoms with Crippen molar-refractivity contribution in [1.82, 2.24) is 10.3 Å². The Kier molecular flexibility index (Phi) is 4.13. The lowest BCUT2D eigenvalue weighted by Crippen LogP contribution is -2.29. The summed E-state index contributed by atoms with van der Waals surface area (Å²) in [5.41, 5.74) is 1.37. The first-order valence-corrected chi connectivity index (χ1v) is 6.44. The molecule has 0 saturated heterocycles. The van der Waals surface area contributed by atoms with Crippen molar-refractivity contribution in [2.24, 2.45) is 5.92 Å². The number of aryl methyl sites for hydroxylation is 1. The van der Waals surface area contributed by atoms with Crippen LogP contribution in [-0.4, -0.2) is 28.6 Å². The van der Waals surface area contributed by atoms with Crippen LogP contribution in [0.1, 0.15) is 41.0 Å². The zero-order chi connectivity index (χ0) is 13.8. The molecule has 0 bridgehead atoms. The first-order chi connectivity index (χ1) is 9.10. The molecule has 2 atom stereocenters. The summed E-state index contributed by atoms with van der Waals surface area (Å²) in [7, 11) is 0. The monoisotopic (exact) mass is 259 g/mol. The molecule has 0 aliphatic heterocycles. The molecule has 1 aliphatic carbocycles. The van der Waals surface area contributed by atoms with Crippen molar-refractivity contribution in [3.63, 3.8) is 0 Å². The molecule has 100 valence electrons. The number of aromatic nitrogens is 1. The lowest BCUT2D eigenvalue weighted by Gasteiger charge is -2.10. The SMILES string of the molecule is Cc1nc(C(=O)NCC2CCC(O)C2)ccc1C#N. The molecule has 1 aliphatic rings. The fourth-order valence-electron chi connectivity index (χ4n) is 2.37. The van der Waals surface area contributed by atoms with E-state index in [0.29, 0.717) is 29.4 Å². The molecule has 2 N–H and O–H groups in total. The van der Waals surface area contributed by atoms with E-state index in [9.17, 15) is 9.90 Å². The first kappa shape index (κ1) is 13.5. The highest BCUT2D eigenvalue weighted by Crippen LogP contribution is 2.24. The van der Waals surface area contributed by atoms with Gasteiger partial charge in [0.1, 0.15) is 11.8 Å². The molecule has 1 aromatic heterocycles. The Bertz CT molecular complexity index is 522. The van der Waals surface area contributed by atoms with Gasteiger partial charge in [0.25, 0.3) is 5.91 Å². The molecular formula is C14H17N3O2. The zero-order valence-corrected chi connectivity index (χ0v) is 10.9. The third kappa shape index (κ3) is 3.30. The van der Waals surface area contributed by atoms with E-state index >= 15 is 0 Å². The average Bonchev–Trinajstić information content (AvgIpc) is 2.81. The second-order valence-corrected chi connectivity index (χ2v) is 4.98. The fourth-order valence-corrected chi connectivity index (χ4v) is 2.37. The third-order valence-corrected chi connectivity index (χ3v) is 3.50. The van der Waals surface area contributed by atoms with E-state index in [4.69, 9.17) is 5.26 Å². The fraction of sp³-hybridized carbons (Fsp3) is 0.500. The Balaban J connectivity index is 1.93. The van der Waals surface area contributed by atoms with Gasteiger partial charge in [-0.15, -0.1) is 0 Å². The summed E-state index contributed by atoms with van der Waals surface area (Å²) in [6, 6.07) is 5.19. The van der Waals surface area contributed by atoms with Crippen LogP contribution in [0.4, 0.5) is 0 Å². The van der Waals surface area contributed by atoms with Crippen molar-refractivity contribution in [2.75, 3.05) is 6.54 Å². The second-order valence-electron chi connectivity index (χ2n) is 4.98. The summed E-state index contributed by atoms with van der Waals surface area (Å²) in [6.07, 6.45) is 2.29. The minimum atomic E-state index is -0.228. The Labute approximate surface area is 112 Å². The van der Waals surface area contributed by atoms with Crippen LogP contribution in [0.2, 0.25) is 0 Å². The lowest BCUT2D eigenvalue weighted by molar-refractivity contribution is 0.0940. The van der Waals surface area contributed by atoms with Crippen LogP contribution in [-0.2, 0) is 0 Å². The highest BCUT2D eigenvalue weighted by molar-refractivity contribution is 5.92. The number of aliphatic hydroxyl groups is 1. The van der Waals surface area contributed by atoms with E-state index < -0.39 is 0 Å². The molecule has 0 spiro atoms. The average molecular weight is 259 g/mol. The van der Waals surface area contributed by atoms with Crippen molar-refractivity contribution in [1.29, 1.82) is 5.26 Å². The van der Waals surface area contributed by atoms with Crippen LogP contribution in [0.3, 0.4) is 0 Å². The van der Waals surface area contributed by atoms with Gasteiger partial charge in [0, 0.05) is 6.54 Å². The molecule has 1 amide bonds. The van der Waals surface area contributed by atoms with Gasteiger partial charge in [-0.05, 0) is 44.2 Å². The molecule has 5 heteroatoms. The van der Waals surface area contributed by atoms with Crippen LogP contribution in [0.15, 0.2) is 12.1 Å². The second kappa shape index (κ2) is 5.81. The van der Waals surface area contributed by atoms with Crippen molar-refractivity contribution in [3.05, 3.63) is 29.1 Å². The summed E-state index contributed by atoms with van der Waals surface area (Å²) >= 11 is 0. The normalized spacial score (nSPS) is 21.9. The molecule has 1 saturated carbocycles. The summed E-state index contributed by atoms with van der Waals surface area (Å²) in [5, 5.41) is 21.1. The van der Waals surface area contributed by atoms with Gasteiger partial charge in [0.05, 0.1) is 17.4 Å². The molecular weight excluding hydrogens is 242 g/mol. The smallest absolute Gasteiger partial charge is 0.269 e. The quantitative estimate of drug-likeness (QED) is 0.852. The van der Waals surface area contributed by atoms with Crippen molar-refractivity contribution in [3.8, 4) is 6.07 Å². The topological polar surface area (TPSA) is 86.0 Å². The number of aliphatic hydroxyl groups excluding tert-OH is 1. The molecule has 1 heterocycles. The van der Waals surface area contributed by atoms with E-state index in [1.165, 1.54) is 0 Å². The Morgan fingerprint density at radius 3 is 2.95 bits per heavy atom. The molecule has 19 heavy (non-hydrogen) atoms. The number of carbonyl (C=O) groups is 1. The summed E-state index contributed by atoms with van der Waals surface area (Å²) in [4.78, 5) is 16.0. The van der Waals surface area contributed by atoms with Gasteiger partial charge < -0.3 is 10.4 Å². The molecule has 5 nitrogen and oxygen atoms in total. The van der Waals surface area contributed by atoms with Gasteiger partial charge in [-0.25, -0.2) is 4.98 Å². The molecule has 2 rings (SSSR count). The van der Waals surface area contributed by atoms with E-state index in [1.54, 1.807) is 19.1 Å². The van der Waals surface area contributed by atoms with Gasteiger partial charge in [-0.1, -0.05) is 0 Å². The minimum absolute atomic E-state index is 0.225. The first-order valence-electron chi connectivity index (χ1n) is 6.44. The maximum absolute atomic E-state index is 11.9. The number of amides is 1. The Morgan fingerprint density at radius 1 is 1.58 bits per heavy atom. The number of hydrogen-bond donors (Lipinski definition) is 2.